The largest absolute Gasteiger partial charge is 0.490 e. The van der Waals surface area contributed by atoms with E-state index >= 15 is 0 Å². The van der Waals surface area contributed by atoms with E-state index in [0.29, 0.717) is 34.1 Å². The molecule has 0 N–H and O–H groups in total. The molecule has 1 fully saturated rings. The fraction of sp³-hybridized carbons (Fsp3) is 0.133. The van der Waals surface area contributed by atoms with Gasteiger partial charge in [0.1, 0.15) is 6.61 Å². The molecule has 192 valence electrons. The molecule has 0 atom stereocenters. The zero-order chi connectivity index (χ0) is 26.6. The molecule has 1 aliphatic rings. The highest BCUT2D eigenvalue weighted by Crippen LogP contribution is 2.40. The molecule has 1 heterocycles. The van der Waals surface area contributed by atoms with Gasteiger partial charge in [-0.2, -0.15) is 0 Å². The number of rotatable bonds is 8. The maximum Gasteiger partial charge on any atom is 0.293 e. The number of nitrogens with zero attached hydrogens (tertiary/aromatic N) is 1. The SMILES string of the molecule is CCOc1cc(/C=C2\SC(=O)N(Cc3ccc(Br)cc3)C2=O)cc(Br)c1OCc1ccc2ccccc2c1. The van der Waals surface area contributed by atoms with Gasteiger partial charge in [0.25, 0.3) is 11.1 Å². The third-order valence-corrected chi connectivity index (χ3v) is 7.98. The molecule has 4 aromatic rings. The first-order chi connectivity index (χ1) is 18.4. The summed E-state index contributed by atoms with van der Waals surface area (Å²) >= 11 is 7.95. The number of amides is 2. The fourth-order valence-corrected chi connectivity index (χ4v) is 5.80. The van der Waals surface area contributed by atoms with Crippen LogP contribution in [0.15, 0.2) is 92.7 Å². The lowest BCUT2D eigenvalue weighted by molar-refractivity contribution is -0.123. The first-order valence-corrected chi connectivity index (χ1v) is 14.4. The van der Waals surface area contributed by atoms with Gasteiger partial charge in [-0.15, -0.1) is 0 Å². The van der Waals surface area contributed by atoms with Gasteiger partial charge in [0, 0.05) is 4.47 Å². The number of ether oxygens (including phenoxy) is 2. The molecule has 1 aliphatic heterocycles. The lowest BCUT2D eigenvalue weighted by atomic mass is 10.1. The summed E-state index contributed by atoms with van der Waals surface area (Å²) in [5.74, 6) is 0.831. The van der Waals surface area contributed by atoms with Gasteiger partial charge >= 0.3 is 0 Å². The van der Waals surface area contributed by atoms with Crippen molar-refractivity contribution in [3.05, 3.63) is 109 Å². The molecule has 0 aromatic heterocycles. The number of benzene rings is 4. The van der Waals surface area contributed by atoms with Gasteiger partial charge in [-0.05, 0) is 98.5 Å². The van der Waals surface area contributed by atoms with Crippen molar-refractivity contribution >= 4 is 71.6 Å². The molecule has 0 bridgehead atoms. The second kappa shape index (κ2) is 11.8. The van der Waals surface area contributed by atoms with E-state index < -0.39 is 0 Å². The Morgan fingerprint density at radius 2 is 1.61 bits per heavy atom. The number of fused-ring (bicyclic) bond motifs is 1. The third-order valence-electron chi connectivity index (χ3n) is 5.95. The second-order valence-electron chi connectivity index (χ2n) is 8.63. The van der Waals surface area contributed by atoms with E-state index in [4.69, 9.17) is 9.47 Å². The van der Waals surface area contributed by atoms with Crippen LogP contribution in [0.25, 0.3) is 16.8 Å². The topological polar surface area (TPSA) is 55.8 Å². The summed E-state index contributed by atoms with van der Waals surface area (Å²) in [6.07, 6.45) is 1.72. The summed E-state index contributed by atoms with van der Waals surface area (Å²) in [6, 6.07) is 25.7. The van der Waals surface area contributed by atoms with E-state index in [0.717, 1.165) is 38.3 Å². The van der Waals surface area contributed by atoms with Crippen molar-refractivity contribution < 1.29 is 19.1 Å². The molecule has 0 aliphatic carbocycles. The van der Waals surface area contributed by atoms with Crippen molar-refractivity contribution in [1.29, 1.82) is 0 Å². The van der Waals surface area contributed by atoms with Crippen LogP contribution < -0.4 is 9.47 Å². The van der Waals surface area contributed by atoms with Gasteiger partial charge in [-0.1, -0.05) is 64.5 Å². The first kappa shape index (κ1) is 26.5. The van der Waals surface area contributed by atoms with Crippen LogP contribution in [0.1, 0.15) is 23.6 Å². The number of halogens is 2. The molecule has 0 spiro atoms. The molecular weight excluding hydrogens is 630 g/mol. The Bertz CT molecular complexity index is 1550. The lowest BCUT2D eigenvalue weighted by Crippen LogP contribution is -2.27. The van der Waals surface area contributed by atoms with E-state index in [1.54, 1.807) is 6.08 Å². The minimum atomic E-state index is -0.311. The van der Waals surface area contributed by atoms with Crippen LogP contribution in [0.4, 0.5) is 4.79 Å². The van der Waals surface area contributed by atoms with E-state index in [-0.39, 0.29) is 17.7 Å². The summed E-state index contributed by atoms with van der Waals surface area (Å²) in [5.41, 5.74) is 2.65. The molecule has 0 radical (unpaired) electrons. The number of hydrogen-bond acceptors (Lipinski definition) is 5. The number of carbonyl (C=O) groups is 2. The molecule has 1 saturated heterocycles. The molecular formula is C30H23Br2NO4S. The van der Waals surface area contributed by atoms with Gasteiger partial charge in [-0.25, -0.2) is 0 Å². The van der Waals surface area contributed by atoms with Crippen LogP contribution >= 0.6 is 43.6 Å². The van der Waals surface area contributed by atoms with Gasteiger partial charge in [0.15, 0.2) is 11.5 Å². The van der Waals surface area contributed by atoms with Crippen molar-refractivity contribution in [1.82, 2.24) is 4.90 Å². The predicted octanol–water partition coefficient (Wildman–Crippen LogP) is 8.58. The zero-order valence-corrected chi connectivity index (χ0v) is 24.4. The van der Waals surface area contributed by atoms with Gasteiger partial charge in [-0.3, -0.25) is 14.5 Å². The van der Waals surface area contributed by atoms with Crippen molar-refractivity contribution in [2.75, 3.05) is 6.61 Å². The molecule has 5 nitrogen and oxygen atoms in total. The molecule has 0 saturated carbocycles. The maximum atomic E-state index is 13.0. The second-order valence-corrected chi connectivity index (χ2v) is 11.4. The highest BCUT2D eigenvalue weighted by molar-refractivity contribution is 9.10. The van der Waals surface area contributed by atoms with Crippen LogP contribution in [0, 0.1) is 0 Å². The Morgan fingerprint density at radius 1 is 0.868 bits per heavy atom. The Kier molecular flexibility index (Phi) is 8.21. The maximum absolute atomic E-state index is 13.0. The average molecular weight is 653 g/mol. The van der Waals surface area contributed by atoms with E-state index in [1.165, 1.54) is 10.3 Å². The van der Waals surface area contributed by atoms with E-state index in [9.17, 15) is 9.59 Å². The smallest absolute Gasteiger partial charge is 0.293 e. The van der Waals surface area contributed by atoms with Crippen LogP contribution in [0.3, 0.4) is 0 Å². The molecule has 38 heavy (non-hydrogen) atoms. The molecule has 4 aromatic carbocycles. The van der Waals surface area contributed by atoms with Crippen molar-refractivity contribution in [2.24, 2.45) is 0 Å². The minimum absolute atomic E-state index is 0.227. The summed E-state index contributed by atoms with van der Waals surface area (Å²) < 4.78 is 13.7. The van der Waals surface area contributed by atoms with Crippen molar-refractivity contribution in [3.63, 3.8) is 0 Å². The minimum Gasteiger partial charge on any atom is -0.490 e. The standard InChI is InChI=1S/C30H23Br2NO4S/c1-2-36-26-15-21(16-27-29(34)33(30(35)38-27)17-19-8-11-24(31)12-9-19)14-25(32)28(26)37-18-20-7-10-22-5-3-4-6-23(22)13-20/h3-16H,2,17-18H2,1H3/b27-16-. The molecule has 5 rings (SSSR count). The molecule has 8 heteroatoms. The molecule has 2 amide bonds. The number of thioether (sulfide) groups is 1. The number of hydrogen-bond donors (Lipinski definition) is 0. The summed E-state index contributed by atoms with van der Waals surface area (Å²) in [4.78, 5) is 27.3. The van der Waals surface area contributed by atoms with Crippen molar-refractivity contribution in [2.45, 2.75) is 20.1 Å². The van der Waals surface area contributed by atoms with Crippen LogP contribution in [0.2, 0.25) is 0 Å². The van der Waals surface area contributed by atoms with Crippen LogP contribution in [-0.2, 0) is 17.9 Å². The van der Waals surface area contributed by atoms with Crippen LogP contribution in [0.5, 0.6) is 11.5 Å². The number of carbonyl (C=O) groups excluding carboxylic acids is 2. The van der Waals surface area contributed by atoms with Crippen molar-refractivity contribution in [3.8, 4) is 11.5 Å². The number of imide groups is 1. The predicted molar refractivity (Wildman–Crippen MR) is 159 cm³/mol. The fourth-order valence-electron chi connectivity index (χ4n) is 4.12. The summed E-state index contributed by atoms with van der Waals surface area (Å²) in [7, 11) is 0. The Labute approximate surface area is 242 Å². The quantitative estimate of drug-likeness (QED) is 0.179. The van der Waals surface area contributed by atoms with Crippen LogP contribution in [-0.4, -0.2) is 22.7 Å². The highest BCUT2D eigenvalue weighted by atomic mass is 79.9. The monoisotopic (exact) mass is 651 g/mol. The zero-order valence-electron chi connectivity index (χ0n) is 20.4. The van der Waals surface area contributed by atoms with E-state index in [1.807, 2.05) is 55.5 Å². The summed E-state index contributed by atoms with van der Waals surface area (Å²) in [5, 5.41) is 2.05. The van der Waals surface area contributed by atoms with Gasteiger partial charge in [0.05, 0.1) is 22.5 Å². The first-order valence-electron chi connectivity index (χ1n) is 12.0. The molecule has 0 unspecified atom stereocenters. The third kappa shape index (κ3) is 5.98. The van der Waals surface area contributed by atoms with Gasteiger partial charge < -0.3 is 9.47 Å². The normalized spacial score (nSPS) is 14.5. The Morgan fingerprint density at radius 3 is 2.37 bits per heavy atom. The van der Waals surface area contributed by atoms with Gasteiger partial charge in [0.2, 0.25) is 0 Å². The highest BCUT2D eigenvalue weighted by Gasteiger charge is 2.35. The average Bonchev–Trinajstić information content (AvgIpc) is 3.16. The lowest BCUT2D eigenvalue weighted by Gasteiger charge is -2.15. The summed E-state index contributed by atoms with van der Waals surface area (Å²) in [6.45, 7) is 2.95. The Hall–Kier alpha value is -3.07. The van der Waals surface area contributed by atoms with E-state index in [2.05, 4.69) is 62.2 Å². The Balaban J connectivity index is 1.35.